The van der Waals surface area contributed by atoms with Crippen molar-refractivity contribution in [3.05, 3.63) is 100 Å². The van der Waals surface area contributed by atoms with E-state index in [4.69, 9.17) is 25.5 Å². The molecule has 1 N–H and O–H groups in total. The molecule has 7 nitrogen and oxygen atoms in total. The van der Waals surface area contributed by atoms with Crippen molar-refractivity contribution in [2.75, 3.05) is 18.6 Å². The number of Topliss-reactive ketones (excluding diaryl/α,β-unsaturated/α-hetero) is 1. The molecule has 1 aromatic heterocycles. The summed E-state index contributed by atoms with van der Waals surface area (Å²) in [6, 6.07) is 19.6. The molecule has 2 heterocycles. The van der Waals surface area contributed by atoms with E-state index in [9.17, 15) is 14.7 Å². The predicted molar refractivity (Wildman–Crippen MR) is 136 cm³/mol. The lowest BCUT2D eigenvalue weighted by molar-refractivity contribution is -0.117. The number of amides is 1. The second-order valence-electron chi connectivity index (χ2n) is 8.14. The Morgan fingerprint density at radius 2 is 1.81 bits per heavy atom. The van der Waals surface area contributed by atoms with Gasteiger partial charge in [-0.25, -0.2) is 0 Å². The van der Waals surface area contributed by atoms with E-state index in [1.54, 1.807) is 60.7 Å². The van der Waals surface area contributed by atoms with Crippen molar-refractivity contribution >= 4 is 39.9 Å². The number of ether oxygens (including phenoxy) is 2. The summed E-state index contributed by atoms with van der Waals surface area (Å²) in [4.78, 5) is 28.5. The largest absolute Gasteiger partial charge is 0.503 e. The second kappa shape index (κ2) is 9.43. The summed E-state index contributed by atoms with van der Waals surface area (Å²) >= 11 is 6.06. The number of hydrogen-bond acceptors (Lipinski definition) is 6. The molecule has 8 heteroatoms. The van der Waals surface area contributed by atoms with Crippen LogP contribution >= 0.6 is 11.6 Å². The van der Waals surface area contributed by atoms with Crippen molar-refractivity contribution in [1.29, 1.82) is 0 Å². The number of nitrogens with zero attached hydrogens (tertiary/aromatic N) is 1. The van der Waals surface area contributed by atoms with E-state index in [1.165, 1.54) is 12.0 Å². The molecule has 1 aliphatic heterocycles. The molecule has 1 atom stereocenters. The van der Waals surface area contributed by atoms with Crippen LogP contribution in [0, 0.1) is 0 Å². The summed E-state index contributed by atoms with van der Waals surface area (Å²) in [6.45, 7) is 2.23. The first-order valence-electron chi connectivity index (χ1n) is 11.3. The Hall–Kier alpha value is -4.23. The van der Waals surface area contributed by atoms with Crippen LogP contribution in [-0.2, 0) is 4.79 Å². The molecular formula is C28H22ClNO6. The van der Waals surface area contributed by atoms with Crippen LogP contribution in [0.5, 0.6) is 11.5 Å². The SMILES string of the molecule is CCOc1cc(C2C(C(=O)c3cc4ccccc4o3)=C(O)C(=O)N2c2ccc(Cl)cc2)ccc1OC. The summed E-state index contributed by atoms with van der Waals surface area (Å²) in [7, 11) is 1.53. The molecule has 0 spiro atoms. The summed E-state index contributed by atoms with van der Waals surface area (Å²) in [5.41, 5.74) is 1.44. The van der Waals surface area contributed by atoms with Gasteiger partial charge in [-0.3, -0.25) is 14.5 Å². The Morgan fingerprint density at radius 1 is 1.06 bits per heavy atom. The Labute approximate surface area is 212 Å². The maximum atomic E-state index is 13.8. The van der Waals surface area contributed by atoms with E-state index in [0.29, 0.717) is 40.0 Å². The van der Waals surface area contributed by atoms with Gasteiger partial charge in [-0.05, 0) is 61.0 Å². The zero-order valence-electron chi connectivity index (χ0n) is 19.5. The van der Waals surface area contributed by atoms with Gasteiger partial charge >= 0.3 is 0 Å². The molecule has 0 aliphatic carbocycles. The topological polar surface area (TPSA) is 89.2 Å². The Balaban J connectivity index is 1.67. The van der Waals surface area contributed by atoms with Crippen molar-refractivity contribution in [3.63, 3.8) is 0 Å². The highest BCUT2D eigenvalue weighted by Crippen LogP contribution is 2.44. The lowest BCUT2D eigenvalue weighted by atomic mass is 9.94. The van der Waals surface area contributed by atoms with Crippen LogP contribution in [0.3, 0.4) is 0 Å². The third-order valence-electron chi connectivity index (χ3n) is 6.01. The van der Waals surface area contributed by atoms with Gasteiger partial charge in [0.05, 0.1) is 25.3 Å². The Bertz CT molecular complexity index is 1470. The van der Waals surface area contributed by atoms with Crippen molar-refractivity contribution in [2.45, 2.75) is 13.0 Å². The van der Waals surface area contributed by atoms with Gasteiger partial charge in [0, 0.05) is 16.1 Å². The van der Waals surface area contributed by atoms with Gasteiger partial charge in [-0.1, -0.05) is 35.9 Å². The minimum absolute atomic E-state index is 0.0204. The van der Waals surface area contributed by atoms with Gasteiger partial charge in [0.2, 0.25) is 5.78 Å². The normalized spacial score (nSPS) is 15.6. The number of benzene rings is 3. The number of halogens is 1. The molecule has 0 radical (unpaired) electrons. The number of aliphatic hydroxyl groups excluding tert-OH is 1. The molecule has 4 aromatic rings. The van der Waals surface area contributed by atoms with E-state index >= 15 is 0 Å². The van der Waals surface area contributed by atoms with Crippen LogP contribution in [0.25, 0.3) is 11.0 Å². The average Bonchev–Trinajstić information content (AvgIpc) is 3.43. The summed E-state index contributed by atoms with van der Waals surface area (Å²) in [5, 5.41) is 12.2. The van der Waals surface area contributed by atoms with E-state index in [0.717, 1.165) is 5.39 Å². The second-order valence-corrected chi connectivity index (χ2v) is 8.57. The van der Waals surface area contributed by atoms with Crippen molar-refractivity contribution in [1.82, 2.24) is 0 Å². The van der Waals surface area contributed by atoms with Gasteiger partial charge in [-0.15, -0.1) is 0 Å². The predicted octanol–water partition coefficient (Wildman–Crippen LogP) is 6.28. The van der Waals surface area contributed by atoms with Gasteiger partial charge in [0.1, 0.15) is 5.58 Å². The third kappa shape index (κ3) is 3.97. The van der Waals surface area contributed by atoms with Gasteiger partial charge < -0.3 is 19.0 Å². The van der Waals surface area contributed by atoms with Gasteiger partial charge in [0.15, 0.2) is 23.0 Å². The standard InChI is InChI=1S/C28H22ClNO6/c1-3-35-22-15-17(8-13-21(22)34-2)25-24(26(31)23-14-16-6-4-5-7-20(16)36-23)27(32)28(33)30(25)19-11-9-18(29)10-12-19/h4-15,25,32H,3H2,1-2H3. The number of para-hydroxylation sites is 1. The van der Waals surface area contributed by atoms with Crippen LogP contribution < -0.4 is 14.4 Å². The minimum Gasteiger partial charge on any atom is -0.503 e. The molecule has 1 aliphatic rings. The van der Waals surface area contributed by atoms with Crippen molar-refractivity contribution < 1.29 is 28.6 Å². The number of carbonyl (C=O) groups excluding carboxylic acids is 2. The van der Waals surface area contributed by atoms with Gasteiger partial charge in [-0.2, -0.15) is 0 Å². The fourth-order valence-corrected chi connectivity index (χ4v) is 4.50. The zero-order chi connectivity index (χ0) is 25.4. The number of aliphatic hydroxyl groups is 1. The lowest BCUT2D eigenvalue weighted by Crippen LogP contribution is -2.31. The number of carbonyl (C=O) groups is 2. The molecule has 5 rings (SSSR count). The summed E-state index contributed by atoms with van der Waals surface area (Å²) in [5.74, 6) is -0.978. The Morgan fingerprint density at radius 3 is 2.50 bits per heavy atom. The Kier molecular flexibility index (Phi) is 6.16. The average molecular weight is 504 g/mol. The number of furan rings is 1. The van der Waals surface area contributed by atoms with Crippen LogP contribution in [0.15, 0.2) is 88.5 Å². The molecule has 1 unspecified atom stereocenters. The van der Waals surface area contributed by atoms with Crippen molar-refractivity contribution in [3.8, 4) is 11.5 Å². The number of methoxy groups -OCH3 is 1. The number of anilines is 1. The van der Waals surface area contributed by atoms with E-state index in [2.05, 4.69) is 0 Å². The lowest BCUT2D eigenvalue weighted by Gasteiger charge is -2.27. The maximum Gasteiger partial charge on any atom is 0.294 e. The summed E-state index contributed by atoms with van der Waals surface area (Å²) in [6.07, 6.45) is 0. The zero-order valence-corrected chi connectivity index (χ0v) is 20.3. The molecule has 36 heavy (non-hydrogen) atoms. The fraction of sp³-hybridized carbons (Fsp3) is 0.143. The molecule has 182 valence electrons. The highest BCUT2D eigenvalue weighted by atomic mass is 35.5. The molecular weight excluding hydrogens is 482 g/mol. The molecule has 0 saturated heterocycles. The fourth-order valence-electron chi connectivity index (χ4n) is 4.38. The number of fused-ring (bicyclic) bond motifs is 1. The van der Waals surface area contributed by atoms with E-state index in [-0.39, 0.29) is 11.3 Å². The highest BCUT2D eigenvalue weighted by Gasteiger charge is 2.45. The monoisotopic (exact) mass is 503 g/mol. The maximum absolute atomic E-state index is 13.8. The summed E-state index contributed by atoms with van der Waals surface area (Å²) < 4.78 is 16.9. The van der Waals surface area contributed by atoms with Crippen LogP contribution in [-0.4, -0.2) is 30.5 Å². The van der Waals surface area contributed by atoms with Crippen LogP contribution in [0.2, 0.25) is 5.02 Å². The molecule has 3 aromatic carbocycles. The first-order chi connectivity index (χ1) is 17.4. The third-order valence-corrected chi connectivity index (χ3v) is 6.26. The minimum atomic E-state index is -0.954. The number of hydrogen-bond donors (Lipinski definition) is 1. The molecule has 1 amide bonds. The molecule has 0 bridgehead atoms. The first-order valence-corrected chi connectivity index (χ1v) is 11.7. The van der Waals surface area contributed by atoms with Crippen molar-refractivity contribution in [2.24, 2.45) is 0 Å². The number of ketones is 1. The van der Waals surface area contributed by atoms with Gasteiger partial charge in [0.25, 0.3) is 5.91 Å². The van der Waals surface area contributed by atoms with Crippen LogP contribution in [0.4, 0.5) is 5.69 Å². The number of rotatable bonds is 7. The van der Waals surface area contributed by atoms with Crippen LogP contribution in [0.1, 0.15) is 29.1 Å². The smallest absolute Gasteiger partial charge is 0.294 e. The van der Waals surface area contributed by atoms with E-state index < -0.39 is 23.5 Å². The molecule has 0 saturated carbocycles. The van der Waals surface area contributed by atoms with E-state index in [1.807, 2.05) is 19.1 Å². The molecule has 0 fully saturated rings. The first kappa shape index (κ1) is 23.5. The quantitative estimate of drug-likeness (QED) is 0.299. The highest BCUT2D eigenvalue weighted by molar-refractivity contribution is 6.30.